The van der Waals surface area contributed by atoms with E-state index in [9.17, 15) is 0 Å². The van der Waals surface area contributed by atoms with Crippen LogP contribution in [-0.4, -0.2) is 31.5 Å². The maximum Gasteiger partial charge on any atom is 0.122 e. The van der Waals surface area contributed by atoms with Crippen molar-refractivity contribution < 1.29 is 14.6 Å². The molecular weight excluding hydrogens is 252 g/mol. The summed E-state index contributed by atoms with van der Waals surface area (Å²) in [6.07, 6.45) is 0. The molecule has 1 rings (SSSR count). The van der Waals surface area contributed by atoms with Gasteiger partial charge in [0.2, 0.25) is 0 Å². The van der Waals surface area contributed by atoms with Crippen molar-refractivity contribution in [2.45, 2.75) is 26.7 Å². The second-order valence-corrected chi connectivity index (χ2v) is 4.89. The zero-order valence-corrected chi connectivity index (χ0v) is 12.0. The molecule has 18 heavy (non-hydrogen) atoms. The zero-order valence-electron chi connectivity index (χ0n) is 11.2. The van der Waals surface area contributed by atoms with Crippen LogP contribution in [0.2, 0.25) is 5.02 Å². The largest absolute Gasteiger partial charge is 0.491 e. The minimum Gasteiger partial charge on any atom is -0.491 e. The Labute approximate surface area is 114 Å². The quantitative estimate of drug-likeness (QED) is 0.775. The molecule has 1 aromatic carbocycles. The van der Waals surface area contributed by atoms with Crippen LogP contribution in [0.3, 0.4) is 0 Å². The van der Waals surface area contributed by atoms with Gasteiger partial charge in [-0.3, -0.25) is 0 Å². The van der Waals surface area contributed by atoms with E-state index in [1.807, 2.05) is 19.1 Å². The van der Waals surface area contributed by atoms with E-state index in [1.54, 1.807) is 0 Å². The summed E-state index contributed by atoms with van der Waals surface area (Å²) in [6.45, 7) is 7.51. The van der Waals surface area contributed by atoms with Gasteiger partial charge in [-0.1, -0.05) is 25.4 Å². The Morgan fingerprint density at radius 1 is 1.22 bits per heavy atom. The van der Waals surface area contributed by atoms with Crippen molar-refractivity contribution in [1.29, 1.82) is 0 Å². The lowest BCUT2D eigenvalue weighted by atomic mass is 10.0. The van der Waals surface area contributed by atoms with Gasteiger partial charge < -0.3 is 14.6 Å². The smallest absolute Gasteiger partial charge is 0.122 e. The first-order valence-electron chi connectivity index (χ1n) is 6.17. The number of benzene rings is 1. The molecule has 0 atom stereocenters. The average molecular weight is 273 g/mol. The van der Waals surface area contributed by atoms with Crippen LogP contribution < -0.4 is 4.74 Å². The molecule has 0 fully saturated rings. The first-order chi connectivity index (χ1) is 8.56. The number of rotatable bonds is 7. The molecule has 102 valence electrons. The number of aliphatic hydroxyl groups excluding tert-OH is 1. The normalized spacial score (nSPS) is 11.0. The maximum absolute atomic E-state index is 8.57. The van der Waals surface area contributed by atoms with Crippen molar-refractivity contribution in [3.05, 3.63) is 28.3 Å². The molecule has 0 bridgehead atoms. The Morgan fingerprint density at radius 3 is 2.56 bits per heavy atom. The zero-order chi connectivity index (χ0) is 13.5. The number of aliphatic hydroxyl groups is 1. The van der Waals surface area contributed by atoms with Gasteiger partial charge in [0.1, 0.15) is 12.4 Å². The molecular formula is C14H21ClO3. The summed E-state index contributed by atoms with van der Waals surface area (Å²) >= 11 is 6.19. The van der Waals surface area contributed by atoms with Gasteiger partial charge in [-0.05, 0) is 36.1 Å². The molecule has 0 aromatic heterocycles. The van der Waals surface area contributed by atoms with Gasteiger partial charge in [0.25, 0.3) is 0 Å². The standard InChI is InChI=1S/C14H21ClO3/c1-10(2)12-9-14(11(3)8-13(12)15)18-7-6-17-5-4-16/h8-10,16H,4-7H2,1-3H3. The second-order valence-electron chi connectivity index (χ2n) is 4.48. The Balaban J connectivity index is 2.62. The summed E-state index contributed by atoms with van der Waals surface area (Å²) in [6, 6.07) is 3.93. The number of ether oxygens (including phenoxy) is 2. The Morgan fingerprint density at radius 2 is 1.94 bits per heavy atom. The van der Waals surface area contributed by atoms with E-state index < -0.39 is 0 Å². The Bertz CT molecular complexity index is 378. The molecule has 0 saturated heterocycles. The second kappa shape index (κ2) is 7.62. The minimum absolute atomic E-state index is 0.0392. The lowest BCUT2D eigenvalue weighted by Gasteiger charge is -2.14. The molecule has 0 unspecified atom stereocenters. The SMILES string of the molecule is Cc1cc(Cl)c(C(C)C)cc1OCCOCCO. The molecule has 0 amide bonds. The fraction of sp³-hybridized carbons (Fsp3) is 0.571. The molecule has 0 spiro atoms. The lowest BCUT2D eigenvalue weighted by Crippen LogP contribution is -2.10. The van der Waals surface area contributed by atoms with E-state index >= 15 is 0 Å². The Hall–Kier alpha value is -0.770. The minimum atomic E-state index is 0.0392. The fourth-order valence-electron chi connectivity index (χ4n) is 1.64. The van der Waals surface area contributed by atoms with Crippen molar-refractivity contribution in [3.63, 3.8) is 0 Å². The highest BCUT2D eigenvalue weighted by atomic mass is 35.5. The van der Waals surface area contributed by atoms with Crippen LogP contribution in [0.15, 0.2) is 12.1 Å². The predicted molar refractivity (Wildman–Crippen MR) is 73.7 cm³/mol. The van der Waals surface area contributed by atoms with E-state index in [2.05, 4.69) is 13.8 Å². The average Bonchev–Trinajstić information content (AvgIpc) is 2.30. The number of hydrogen-bond donors (Lipinski definition) is 1. The van der Waals surface area contributed by atoms with Crippen LogP contribution in [0.5, 0.6) is 5.75 Å². The first kappa shape index (κ1) is 15.3. The van der Waals surface area contributed by atoms with Crippen molar-refractivity contribution in [2.24, 2.45) is 0 Å². The maximum atomic E-state index is 8.57. The van der Waals surface area contributed by atoms with Crippen LogP contribution in [0.25, 0.3) is 0 Å². The molecule has 0 heterocycles. The van der Waals surface area contributed by atoms with E-state index in [4.69, 9.17) is 26.2 Å². The highest BCUT2D eigenvalue weighted by Gasteiger charge is 2.09. The Kier molecular flexibility index (Phi) is 6.47. The van der Waals surface area contributed by atoms with Gasteiger partial charge in [-0.25, -0.2) is 0 Å². The summed E-state index contributed by atoms with van der Waals surface area (Å²) in [7, 11) is 0. The number of aryl methyl sites for hydroxylation is 1. The van der Waals surface area contributed by atoms with Crippen LogP contribution >= 0.6 is 11.6 Å². The van der Waals surface area contributed by atoms with E-state index in [0.29, 0.717) is 25.7 Å². The summed E-state index contributed by atoms with van der Waals surface area (Å²) in [5.74, 6) is 1.21. The van der Waals surface area contributed by atoms with Gasteiger partial charge in [0, 0.05) is 5.02 Å². The van der Waals surface area contributed by atoms with Crippen LogP contribution in [0, 0.1) is 6.92 Å². The first-order valence-corrected chi connectivity index (χ1v) is 6.55. The topological polar surface area (TPSA) is 38.7 Å². The van der Waals surface area contributed by atoms with Gasteiger partial charge >= 0.3 is 0 Å². The number of halogens is 1. The van der Waals surface area contributed by atoms with Gasteiger partial charge in [-0.2, -0.15) is 0 Å². The highest BCUT2D eigenvalue weighted by molar-refractivity contribution is 6.31. The van der Waals surface area contributed by atoms with Gasteiger partial charge in [0.05, 0.1) is 19.8 Å². The molecule has 0 aliphatic heterocycles. The summed E-state index contributed by atoms with van der Waals surface area (Å²) in [4.78, 5) is 0. The van der Waals surface area contributed by atoms with Crippen LogP contribution in [0.1, 0.15) is 30.9 Å². The molecule has 3 nitrogen and oxygen atoms in total. The van der Waals surface area contributed by atoms with E-state index in [1.165, 1.54) is 0 Å². The third kappa shape index (κ3) is 4.48. The lowest BCUT2D eigenvalue weighted by molar-refractivity contribution is 0.0703. The number of hydrogen-bond acceptors (Lipinski definition) is 3. The molecule has 1 N–H and O–H groups in total. The van der Waals surface area contributed by atoms with Crippen molar-refractivity contribution in [1.82, 2.24) is 0 Å². The predicted octanol–water partition coefficient (Wildman–Crippen LogP) is 3.16. The fourth-order valence-corrected chi connectivity index (χ4v) is 2.08. The molecule has 0 radical (unpaired) electrons. The van der Waals surface area contributed by atoms with Crippen LogP contribution in [-0.2, 0) is 4.74 Å². The van der Waals surface area contributed by atoms with E-state index in [0.717, 1.165) is 21.9 Å². The molecule has 0 aliphatic rings. The van der Waals surface area contributed by atoms with E-state index in [-0.39, 0.29) is 6.61 Å². The molecule has 0 saturated carbocycles. The molecule has 4 heteroatoms. The third-order valence-corrected chi connectivity index (χ3v) is 2.96. The third-order valence-electron chi connectivity index (χ3n) is 2.64. The summed E-state index contributed by atoms with van der Waals surface area (Å²) < 4.78 is 10.8. The van der Waals surface area contributed by atoms with Crippen molar-refractivity contribution in [3.8, 4) is 5.75 Å². The van der Waals surface area contributed by atoms with Gasteiger partial charge in [-0.15, -0.1) is 0 Å². The molecule has 0 aliphatic carbocycles. The van der Waals surface area contributed by atoms with Gasteiger partial charge in [0.15, 0.2) is 0 Å². The highest BCUT2D eigenvalue weighted by Crippen LogP contribution is 2.31. The van der Waals surface area contributed by atoms with Crippen molar-refractivity contribution in [2.75, 3.05) is 26.4 Å². The summed E-state index contributed by atoms with van der Waals surface area (Å²) in [5.41, 5.74) is 2.11. The summed E-state index contributed by atoms with van der Waals surface area (Å²) in [5, 5.41) is 9.36. The monoisotopic (exact) mass is 272 g/mol. The van der Waals surface area contributed by atoms with Crippen molar-refractivity contribution >= 4 is 11.6 Å². The molecule has 1 aromatic rings. The van der Waals surface area contributed by atoms with Crippen LogP contribution in [0.4, 0.5) is 0 Å².